The summed E-state index contributed by atoms with van der Waals surface area (Å²) in [6, 6.07) is 0. The highest BCUT2D eigenvalue weighted by Gasteiger charge is 2.44. The van der Waals surface area contributed by atoms with Gasteiger partial charge in [0.2, 0.25) is 0 Å². The molecule has 0 N–H and O–H groups in total. The first-order valence-corrected chi connectivity index (χ1v) is 5.19. The molecule has 0 saturated carbocycles. The summed E-state index contributed by atoms with van der Waals surface area (Å²) in [4.78, 5) is 0. The van der Waals surface area contributed by atoms with Crippen LogP contribution in [-0.2, 0) is 11.8 Å². The topological polar surface area (TPSA) is 0 Å². The zero-order chi connectivity index (χ0) is 9.00. The molecular formula is F7P2S+. The van der Waals surface area contributed by atoms with Crippen LogP contribution in [0, 0.1) is 0 Å². The average Bonchev–Trinajstić information content (AvgIpc) is 1.12. The molecule has 0 atom stereocenters. The summed E-state index contributed by atoms with van der Waals surface area (Å²) in [5.41, 5.74) is 0. The van der Waals surface area contributed by atoms with E-state index in [-0.39, 0.29) is 0 Å². The van der Waals surface area contributed by atoms with Gasteiger partial charge in [-0.1, -0.05) is 0 Å². The van der Waals surface area contributed by atoms with Gasteiger partial charge in [0.25, 0.3) is 0 Å². The molecule has 0 aliphatic rings. The van der Waals surface area contributed by atoms with Crippen LogP contribution >= 0.6 is 15.5 Å². The molecule has 0 unspecified atom stereocenters. The Morgan fingerprint density at radius 1 is 0.900 bits per heavy atom. The van der Waals surface area contributed by atoms with E-state index in [4.69, 9.17) is 0 Å². The largest absolute Gasteiger partial charge is 0.755 e. The number of halogens is 7. The van der Waals surface area contributed by atoms with E-state index in [2.05, 4.69) is 11.8 Å². The molecular weight excluding hydrogens is 227 g/mol. The molecule has 0 spiro atoms. The maximum atomic E-state index is 10.3. The SMILES string of the molecule is FP(F)(F)=S.F[P+](F)(F)F. The van der Waals surface area contributed by atoms with Gasteiger partial charge in [0, 0.05) is 11.8 Å². The molecule has 0 saturated heterocycles. The van der Waals surface area contributed by atoms with Crippen molar-refractivity contribution in [2.45, 2.75) is 0 Å². The average molecular weight is 227 g/mol. The van der Waals surface area contributed by atoms with Gasteiger partial charge in [-0.3, -0.25) is 0 Å². The van der Waals surface area contributed by atoms with Gasteiger partial charge in [-0.25, -0.2) is 0 Å². The van der Waals surface area contributed by atoms with Gasteiger partial charge in [0.1, 0.15) is 0 Å². The molecule has 10 heavy (non-hydrogen) atoms. The minimum Gasteiger partial charge on any atom is -0.149 e. The smallest absolute Gasteiger partial charge is 0.149 e. The van der Waals surface area contributed by atoms with E-state index >= 15 is 0 Å². The molecule has 0 nitrogen and oxygen atoms in total. The summed E-state index contributed by atoms with van der Waals surface area (Å²) in [6.07, 6.45) is 0. The van der Waals surface area contributed by atoms with Gasteiger partial charge < -0.3 is 0 Å². The molecule has 64 valence electrons. The summed E-state index contributed by atoms with van der Waals surface area (Å²) < 4.78 is 70.0. The second kappa shape index (κ2) is 4.46. The highest BCUT2D eigenvalue weighted by molar-refractivity contribution is 8.07. The number of hydrogen-bond acceptors (Lipinski definition) is 1. The van der Waals surface area contributed by atoms with Crippen LogP contribution in [0.2, 0.25) is 0 Å². The molecule has 0 aliphatic carbocycles. The summed E-state index contributed by atoms with van der Waals surface area (Å²) in [5, 5.41) is 0. The van der Waals surface area contributed by atoms with Crippen molar-refractivity contribution in [2.75, 3.05) is 0 Å². The van der Waals surface area contributed by atoms with Crippen LogP contribution in [-0.4, -0.2) is 0 Å². The van der Waals surface area contributed by atoms with Gasteiger partial charge in [0.05, 0.1) is 16.8 Å². The monoisotopic (exact) mass is 227 g/mol. The Morgan fingerprint density at radius 2 is 0.900 bits per heavy atom. The summed E-state index contributed by atoms with van der Waals surface area (Å²) in [6.45, 7) is -5.31. The van der Waals surface area contributed by atoms with Crippen LogP contribution in [0.25, 0.3) is 0 Å². The maximum absolute atomic E-state index is 10.3. The molecule has 10 heteroatoms. The predicted octanol–water partition coefficient (Wildman–Crippen LogP) is 4.66. The van der Waals surface area contributed by atoms with Crippen molar-refractivity contribution in [1.29, 1.82) is 0 Å². The standard InChI is InChI=1S/F4P.F3PS/c1-5(2,3)4;1-4(2,3)5/q+1;. The minimum atomic E-state index is -6.39. The van der Waals surface area contributed by atoms with E-state index < -0.39 is 15.5 Å². The Kier molecular flexibility index (Phi) is 5.89. The summed E-state index contributed by atoms with van der Waals surface area (Å²) in [7, 11) is -6.39. The van der Waals surface area contributed by atoms with Crippen LogP contribution in [0.3, 0.4) is 0 Å². The van der Waals surface area contributed by atoms with E-state index in [1.165, 1.54) is 0 Å². The molecule has 0 aromatic heterocycles. The Morgan fingerprint density at radius 3 is 0.900 bits per heavy atom. The van der Waals surface area contributed by atoms with Gasteiger partial charge in [-0.05, 0) is 0 Å². The van der Waals surface area contributed by atoms with Crippen molar-refractivity contribution < 1.29 is 29.4 Å². The molecule has 0 radical (unpaired) electrons. The zero-order valence-corrected chi connectivity index (χ0v) is 6.55. The highest BCUT2D eigenvalue weighted by Crippen LogP contribution is 2.65. The second-order valence-electron chi connectivity index (χ2n) is 0.782. The first-order chi connectivity index (χ1) is 4.00. The first-order valence-electron chi connectivity index (χ1n) is 1.37. The Hall–Kier alpha value is 0.590. The van der Waals surface area contributed by atoms with Crippen LogP contribution in [0.5, 0.6) is 0 Å². The van der Waals surface area contributed by atoms with Gasteiger partial charge in [-0.2, -0.15) is 0 Å². The zero-order valence-electron chi connectivity index (χ0n) is 3.95. The van der Waals surface area contributed by atoms with Gasteiger partial charge >= 0.3 is 15.5 Å². The van der Waals surface area contributed by atoms with Gasteiger partial charge in [-0.15, -0.1) is 12.6 Å². The number of hydrogen-bond donors (Lipinski definition) is 0. The lowest BCUT2D eigenvalue weighted by Crippen LogP contribution is -1.37. The second-order valence-corrected chi connectivity index (χ2v) is 3.59. The van der Waals surface area contributed by atoms with Crippen LogP contribution in [0.15, 0.2) is 0 Å². The molecule has 0 heterocycles. The molecule has 0 fully saturated rings. The van der Waals surface area contributed by atoms with E-state index in [1.54, 1.807) is 0 Å². The summed E-state index contributed by atoms with van der Waals surface area (Å²) >= 11 is 2.94. The Balaban J connectivity index is 0. The normalized spacial score (nSPS) is 11.9. The number of rotatable bonds is 0. The van der Waals surface area contributed by atoms with Crippen molar-refractivity contribution in [2.24, 2.45) is 0 Å². The van der Waals surface area contributed by atoms with E-state index in [9.17, 15) is 29.4 Å². The van der Waals surface area contributed by atoms with Crippen molar-refractivity contribution in [1.82, 2.24) is 0 Å². The fourth-order valence-electron chi connectivity index (χ4n) is 0. The quantitative estimate of drug-likeness (QED) is 0.428. The molecule has 0 amide bonds. The first kappa shape index (κ1) is 13.2. The fraction of sp³-hybridized carbons (Fsp3) is 0. The van der Waals surface area contributed by atoms with Crippen molar-refractivity contribution in [3.05, 3.63) is 0 Å². The molecule has 0 aromatic rings. The van der Waals surface area contributed by atoms with Crippen LogP contribution in [0.4, 0.5) is 29.4 Å². The third-order valence-corrected chi connectivity index (χ3v) is 0. The lowest BCUT2D eigenvalue weighted by atomic mass is 18.7. The van der Waals surface area contributed by atoms with Crippen molar-refractivity contribution in [3.63, 3.8) is 0 Å². The maximum Gasteiger partial charge on any atom is 0.755 e. The van der Waals surface area contributed by atoms with Gasteiger partial charge in [0.15, 0.2) is 0 Å². The predicted molar refractivity (Wildman–Crippen MR) is 29.0 cm³/mol. The van der Waals surface area contributed by atoms with E-state index in [0.717, 1.165) is 0 Å². The van der Waals surface area contributed by atoms with E-state index in [1.807, 2.05) is 0 Å². The third-order valence-electron chi connectivity index (χ3n) is 0. The molecule has 0 rings (SSSR count). The van der Waals surface area contributed by atoms with E-state index in [0.29, 0.717) is 0 Å². The molecule has 0 aliphatic heterocycles. The Bertz CT molecular complexity index is 104. The highest BCUT2D eigenvalue weighted by atomic mass is 32.5. The molecule has 0 aromatic carbocycles. The Labute approximate surface area is 57.6 Å². The lowest BCUT2D eigenvalue weighted by Gasteiger charge is -1.73. The van der Waals surface area contributed by atoms with Crippen LogP contribution in [0.1, 0.15) is 0 Å². The van der Waals surface area contributed by atoms with Crippen LogP contribution < -0.4 is 0 Å². The summed E-state index contributed by atoms with van der Waals surface area (Å²) in [5.74, 6) is 0. The minimum absolute atomic E-state index is 2.94. The molecule has 0 bridgehead atoms. The lowest BCUT2D eigenvalue weighted by molar-refractivity contribution is 0.489. The third kappa shape index (κ3) is 1420. The fourth-order valence-corrected chi connectivity index (χ4v) is 0. The van der Waals surface area contributed by atoms with Crippen molar-refractivity contribution >= 4 is 27.3 Å². The van der Waals surface area contributed by atoms with Crippen molar-refractivity contribution in [3.8, 4) is 0 Å².